The van der Waals surface area contributed by atoms with E-state index < -0.39 is 69.1 Å². The Bertz CT molecular complexity index is 1510. The lowest BCUT2D eigenvalue weighted by atomic mass is 9.71. The summed E-state index contributed by atoms with van der Waals surface area (Å²) in [4.78, 5) is 43.6. The fraction of sp³-hybridized carbons (Fsp3) is 0.500. The van der Waals surface area contributed by atoms with Gasteiger partial charge in [-0.2, -0.15) is 4.39 Å². The van der Waals surface area contributed by atoms with Gasteiger partial charge < -0.3 is 20.5 Å². The lowest BCUT2D eigenvalue weighted by molar-refractivity contribution is -0.179. The zero-order valence-electron chi connectivity index (χ0n) is 21.4. The van der Waals surface area contributed by atoms with E-state index in [1.54, 1.807) is 18.2 Å². The first-order valence-electron chi connectivity index (χ1n) is 12.9. The lowest BCUT2D eigenvalue weighted by Gasteiger charge is -2.53. The maximum absolute atomic E-state index is 15.1. The smallest absolute Gasteiger partial charge is 0.271 e. The molecule has 40 heavy (non-hydrogen) atoms. The number of carbonyl (C=O) groups excluding carboxylic acids is 3. The Kier molecular flexibility index (Phi) is 7.40. The van der Waals surface area contributed by atoms with Crippen LogP contribution < -0.4 is 10.6 Å². The second-order valence-electron chi connectivity index (χ2n) is 10.7. The molecule has 4 heterocycles. The van der Waals surface area contributed by atoms with Crippen molar-refractivity contribution in [1.82, 2.24) is 20.5 Å². The number of fused-ring (bicyclic) bond motifs is 4. The van der Waals surface area contributed by atoms with Crippen LogP contribution in [0.25, 0.3) is 10.9 Å². The minimum absolute atomic E-state index is 0.0126. The van der Waals surface area contributed by atoms with E-state index in [0.29, 0.717) is 41.2 Å². The van der Waals surface area contributed by atoms with Crippen LogP contribution in [-0.2, 0) is 19.4 Å². The van der Waals surface area contributed by atoms with E-state index >= 15 is 8.78 Å². The number of nitrogens with zero attached hydrogens (tertiary/aromatic N) is 1. The van der Waals surface area contributed by atoms with Crippen LogP contribution in [0, 0.1) is 11.8 Å². The molecular formula is C26H28ClF3N4O5S. The molecule has 5 atom stereocenters. The number of alkyl halides is 2. The highest BCUT2D eigenvalue weighted by molar-refractivity contribution is 7.94. The number of benzene rings is 1. The first kappa shape index (κ1) is 28.5. The molecule has 4 aliphatic rings. The van der Waals surface area contributed by atoms with Gasteiger partial charge in [0, 0.05) is 36.6 Å². The Balaban J connectivity index is 1.48. The summed E-state index contributed by atoms with van der Waals surface area (Å²) >= 11 is 6.22. The van der Waals surface area contributed by atoms with Gasteiger partial charge >= 0.3 is 0 Å². The molecule has 14 heteroatoms. The van der Waals surface area contributed by atoms with Crippen molar-refractivity contribution in [3.63, 3.8) is 0 Å². The number of sulfone groups is 1. The maximum atomic E-state index is 15.1. The van der Waals surface area contributed by atoms with Gasteiger partial charge in [0.2, 0.25) is 26.8 Å². The highest BCUT2D eigenvalue weighted by Crippen LogP contribution is 2.49. The van der Waals surface area contributed by atoms with Gasteiger partial charge in [-0.05, 0) is 43.9 Å². The first-order valence-corrected chi connectivity index (χ1v) is 15.2. The van der Waals surface area contributed by atoms with Gasteiger partial charge in [-0.15, -0.1) is 0 Å². The molecule has 2 aromatic rings. The van der Waals surface area contributed by atoms with Crippen molar-refractivity contribution in [3.05, 3.63) is 46.2 Å². The van der Waals surface area contributed by atoms with Gasteiger partial charge in [-0.3, -0.25) is 14.4 Å². The monoisotopic (exact) mass is 600 g/mol. The predicted octanol–water partition coefficient (Wildman–Crippen LogP) is 3.32. The van der Waals surface area contributed by atoms with Crippen LogP contribution in [0.2, 0.25) is 5.02 Å². The molecule has 2 bridgehead atoms. The minimum atomic E-state index is -4.27. The maximum Gasteiger partial charge on any atom is 0.271 e. The van der Waals surface area contributed by atoms with Crippen molar-refractivity contribution < 1.29 is 36.0 Å². The Morgan fingerprint density at radius 2 is 2.02 bits per heavy atom. The van der Waals surface area contributed by atoms with Gasteiger partial charge in [-0.25, -0.2) is 17.2 Å². The van der Waals surface area contributed by atoms with Crippen molar-refractivity contribution in [2.45, 2.75) is 56.2 Å². The fourth-order valence-electron chi connectivity index (χ4n) is 6.07. The summed E-state index contributed by atoms with van der Waals surface area (Å²) in [7, 11) is -4.27. The molecule has 216 valence electrons. The van der Waals surface area contributed by atoms with Crippen molar-refractivity contribution in [1.29, 1.82) is 0 Å². The molecule has 3 saturated heterocycles. The van der Waals surface area contributed by atoms with Gasteiger partial charge in [0.05, 0.1) is 22.5 Å². The largest absolute Gasteiger partial charge is 0.356 e. The number of H-pyrrole nitrogens is 1. The normalized spacial score (nSPS) is 27.1. The predicted molar refractivity (Wildman–Crippen MR) is 141 cm³/mol. The molecule has 0 unspecified atom stereocenters. The third-order valence-corrected chi connectivity index (χ3v) is 9.15. The molecule has 9 nitrogen and oxygen atoms in total. The molecule has 3 aliphatic heterocycles. The average Bonchev–Trinajstić information content (AvgIpc) is 3.49. The third-order valence-electron chi connectivity index (χ3n) is 7.99. The Morgan fingerprint density at radius 3 is 2.65 bits per heavy atom. The van der Waals surface area contributed by atoms with E-state index in [0.717, 1.165) is 4.90 Å². The van der Waals surface area contributed by atoms with E-state index in [4.69, 9.17) is 11.6 Å². The Hall–Kier alpha value is -3.06. The minimum Gasteiger partial charge on any atom is -0.356 e. The number of halogens is 4. The van der Waals surface area contributed by atoms with Crippen molar-refractivity contribution in [3.8, 4) is 0 Å². The summed E-state index contributed by atoms with van der Waals surface area (Å²) in [6.07, 6.45) is 1.19. The first-order chi connectivity index (χ1) is 18.8. The molecule has 1 aromatic heterocycles. The zero-order chi connectivity index (χ0) is 29.0. The molecule has 3 amide bonds. The van der Waals surface area contributed by atoms with E-state index in [-0.39, 0.29) is 30.9 Å². The summed E-state index contributed by atoms with van der Waals surface area (Å²) in [5, 5.41) is 4.55. The number of hydrogen-bond acceptors (Lipinski definition) is 5. The molecule has 3 N–H and O–H groups in total. The topological polar surface area (TPSA) is 128 Å². The number of rotatable bonds is 7. The summed E-state index contributed by atoms with van der Waals surface area (Å²) < 4.78 is 68.2. The second-order valence-corrected chi connectivity index (χ2v) is 13.1. The van der Waals surface area contributed by atoms with Crippen molar-refractivity contribution in [2.75, 3.05) is 12.8 Å². The summed E-state index contributed by atoms with van der Waals surface area (Å²) in [6, 6.07) is 2.74. The quantitative estimate of drug-likeness (QED) is 0.449. The Morgan fingerprint density at radius 1 is 1.27 bits per heavy atom. The lowest BCUT2D eigenvalue weighted by Crippen LogP contribution is -2.68. The molecule has 0 radical (unpaired) electrons. The number of aromatic amines is 1. The molecular weight excluding hydrogens is 573 g/mol. The van der Waals surface area contributed by atoms with Gasteiger partial charge in [0.15, 0.2) is 0 Å². The van der Waals surface area contributed by atoms with E-state index in [1.807, 2.05) is 0 Å². The number of nitrogens with one attached hydrogen (secondary N) is 3. The van der Waals surface area contributed by atoms with Crippen LogP contribution in [-0.4, -0.2) is 72.9 Å². The number of aromatic nitrogens is 1. The van der Waals surface area contributed by atoms with Crippen LogP contribution in [0.1, 0.15) is 42.6 Å². The zero-order valence-corrected chi connectivity index (χ0v) is 23.0. The van der Waals surface area contributed by atoms with Crippen LogP contribution in [0.15, 0.2) is 35.5 Å². The average molecular weight is 601 g/mol. The van der Waals surface area contributed by atoms with Gasteiger partial charge in [-0.1, -0.05) is 23.7 Å². The molecule has 1 aromatic carbocycles. The number of hydrogen-bond donors (Lipinski definition) is 3. The molecule has 0 spiro atoms. The van der Waals surface area contributed by atoms with Crippen LogP contribution in [0.5, 0.6) is 0 Å². The molecule has 1 saturated carbocycles. The van der Waals surface area contributed by atoms with Crippen molar-refractivity contribution >= 4 is 50.1 Å². The molecule has 4 fully saturated rings. The second kappa shape index (κ2) is 10.4. The number of para-hydroxylation sites is 1. The standard InChI is InChI=1S/C26H28ClF3N4O5S/c1-40(38,39)20(28)11-15(9-14-7-8-31-23(14)35)32-24(36)22-17-6-5-16(12-26(17,29)30)34(22)25(37)19-10-13-3-2-4-18(27)21(13)33-19/h2-4,10-11,14-17,22,33H,5-9,12H2,1H3,(H,31,35)(H,32,36)/b20-11+/t14-,15+,16-,17-,22-/m1/s1. The number of piperidine rings is 2. The van der Waals surface area contributed by atoms with Gasteiger partial charge in [0.25, 0.3) is 11.8 Å². The highest BCUT2D eigenvalue weighted by Gasteiger charge is 2.60. The number of amides is 3. The van der Waals surface area contributed by atoms with Gasteiger partial charge in [0.1, 0.15) is 11.7 Å². The van der Waals surface area contributed by atoms with E-state index in [1.165, 1.54) is 6.07 Å². The van der Waals surface area contributed by atoms with Crippen LogP contribution in [0.3, 0.4) is 0 Å². The molecule has 6 rings (SSSR count). The summed E-state index contributed by atoms with van der Waals surface area (Å²) in [5.74, 6) is -7.37. The highest BCUT2D eigenvalue weighted by atomic mass is 35.5. The summed E-state index contributed by atoms with van der Waals surface area (Å²) in [6.45, 7) is 0.359. The van der Waals surface area contributed by atoms with E-state index in [9.17, 15) is 27.2 Å². The molecule has 1 aliphatic carbocycles. The van der Waals surface area contributed by atoms with Crippen molar-refractivity contribution in [2.24, 2.45) is 11.8 Å². The SMILES string of the molecule is CS(=O)(=O)/C(F)=C/[C@H](C[C@H]1CCNC1=O)NC(=O)[C@H]1[C@H]2CC[C@H](CC2(F)F)N1C(=O)c1cc2cccc(Cl)c2[nH]1. The summed E-state index contributed by atoms with van der Waals surface area (Å²) in [5.41, 5.74) is 0.552. The Labute approximate surface area is 233 Å². The number of carbonyl (C=O) groups is 3. The third kappa shape index (κ3) is 5.32. The van der Waals surface area contributed by atoms with E-state index in [2.05, 4.69) is 15.6 Å². The van der Waals surface area contributed by atoms with Crippen LogP contribution >= 0.6 is 11.6 Å². The fourth-order valence-corrected chi connectivity index (χ4v) is 6.71. The van der Waals surface area contributed by atoms with Crippen LogP contribution in [0.4, 0.5) is 13.2 Å².